The molecule has 0 radical (unpaired) electrons. The molecule has 0 unspecified atom stereocenters. The first-order valence-corrected chi connectivity index (χ1v) is 8.44. The van der Waals surface area contributed by atoms with Gasteiger partial charge in [0.15, 0.2) is 0 Å². The minimum atomic E-state index is 0.764. The summed E-state index contributed by atoms with van der Waals surface area (Å²) in [6, 6.07) is 2.22. The predicted molar refractivity (Wildman–Crippen MR) is 90.6 cm³/mol. The van der Waals surface area contributed by atoms with E-state index in [4.69, 9.17) is 4.98 Å². The molecular formula is C15H23N5S. The van der Waals surface area contributed by atoms with E-state index in [-0.39, 0.29) is 0 Å². The lowest BCUT2D eigenvalue weighted by atomic mass is 10.2. The summed E-state index contributed by atoms with van der Waals surface area (Å²) in [7, 11) is 2.18. The van der Waals surface area contributed by atoms with E-state index < -0.39 is 0 Å². The minimum Gasteiger partial charge on any atom is -0.354 e. The number of rotatable bonds is 4. The molecule has 2 aromatic heterocycles. The number of aromatic nitrogens is 2. The fourth-order valence-electron chi connectivity index (χ4n) is 2.60. The molecule has 0 aromatic carbocycles. The van der Waals surface area contributed by atoms with E-state index >= 15 is 0 Å². The number of aryl methyl sites for hydroxylation is 1. The van der Waals surface area contributed by atoms with E-state index in [1.807, 2.05) is 0 Å². The van der Waals surface area contributed by atoms with Gasteiger partial charge < -0.3 is 15.1 Å². The highest BCUT2D eigenvalue weighted by atomic mass is 32.1. The van der Waals surface area contributed by atoms with E-state index in [2.05, 4.69) is 47.1 Å². The second-order valence-corrected chi connectivity index (χ2v) is 6.90. The second-order valence-electron chi connectivity index (χ2n) is 5.66. The van der Waals surface area contributed by atoms with Crippen LogP contribution in [0.4, 0.5) is 11.8 Å². The van der Waals surface area contributed by atoms with Gasteiger partial charge in [0.1, 0.15) is 10.6 Å². The Morgan fingerprint density at radius 3 is 2.71 bits per heavy atom. The number of hydrogen-bond donors (Lipinski definition) is 1. The Morgan fingerprint density at radius 2 is 2.00 bits per heavy atom. The van der Waals surface area contributed by atoms with Gasteiger partial charge in [0, 0.05) is 37.6 Å². The third kappa shape index (κ3) is 3.11. The molecule has 3 heterocycles. The Morgan fingerprint density at radius 1 is 1.24 bits per heavy atom. The van der Waals surface area contributed by atoms with Crippen molar-refractivity contribution < 1.29 is 0 Å². The predicted octanol–water partition coefficient (Wildman–Crippen LogP) is 2.57. The number of hydrogen-bond acceptors (Lipinski definition) is 6. The third-order valence-corrected chi connectivity index (χ3v) is 4.78. The van der Waals surface area contributed by atoms with Crippen LogP contribution in [0.3, 0.4) is 0 Å². The largest absolute Gasteiger partial charge is 0.354 e. The van der Waals surface area contributed by atoms with Gasteiger partial charge in [-0.3, -0.25) is 0 Å². The first-order chi connectivity index (χ1) is 10.2. The number of nitrogens with zero attached hydrogens (tertiary/aromatic N) is 4. The van der Waals surface area contributed by atoms with Crippen LogP contribution in [-0.2, 0) is 0 Å². The fourth-order valence-corrected chi connectivity index (χ4v) is 3.48. The van der Waals surface area contributed by atoms with Crippen LogP contribution >= 0.6 is 11.3 Å². The van der Waals surface area contributed by atoms with Crippen LogP contribution in [0.25, 0.3) is 10.2 Å². The average molecular weight is 305 g/mol. The van der Waals surface area contributed by atoms with Crippen LogP contribution in [-0.4, -0.2) is 54.6 Å². The SMILES string of the molecule is CCCNc1nc(N2CCN(C)CC2)c2cc(C)sc2n1. The van der Waals surface area contributed by atoms with Crippen molar-refractivity contribution in [1.82, 2.24) is 14.9 Å². The van der Waals surface area contributed by atoms with E-state index in [9.17, 15) is 0 Å². The van der Waals surface area contributed by atoms with Crippen molar-refractivity contribution in [3.05, 3.63) is 10.9 Å². The van der Waals surface area contributed by atoms with Crippen LogP contribution in [0.5, 0.6) is 0 Å². The quantitative estimate of drug-likeness (QED) is 0.940. The van der Waals surface area contributed by atoms with Crippen LogP contribution in [0.15, 0.2) is 6.07 Å². The average Bonchev–Trinajstić information content (AvgIpc) is 2.85. The monoisotopic (exact) mass is 305 g/mol. The number of anilines is 2. The number of likely N-dealkylation sites (N-methyl/N-ethyl adjacent to an activating group) is 1. The zero-order valence-corrected chi connectivity index (χ0v) is 13.8. The molecular weight excluding hydrogens is 282 g/mol. The molecule has 5 nitrogen and oxygen atoms in total. The van der Waals surface area contributed by atoms with Gasteiger partial charge in [-0.25, -0.2) is 4.98 Å². The molecule has 6 heteroatoms. The highest BCUT2D eigenvalue weighted by molar-refractivity contribution is 7.18. The molecule has 1 fully saturated rings. The third-order valence-electron chi connectivity index (χ3n) is 3.83. The smallest absolute Gasteiger partial charge is 0.226 e. The maximum absolute atomic E-state index is 4.79. The molecule has 1 aliphatic rings. The molecule has 0 atom stereocenters. The number of thiophene rings is 1. The van der Waals surface area contributed by atoms with Crippen molar-refractivity contribution in [3.63, 3.8) is 0 Å². The molecule has 21 heavy (non-hydrogen) atoms. The van der Waals surface area contributed by atoms with Crippen LogP contribution in [0, 0.1) is 6.92 Å². The van der Waals surface area contributed by atoms with E-state index in [0.717, 1.165) is 55.7 Å². The zero-order valence-electron chi connectivity index (χ0n) is 13.0. The van der Waals surface area contributed by atoms with Crippen LogP contribution < -0.4 is 10.2 Å². The molecule has 1 aliphatic heterocycles. The van der Waals surface area contributed by atoms with Gasteiger partial charge in [0.25, 0.3) is 0 Å². The first kappa shape index (κ1) is 14.5. The van der Waals surface area contributed by atoms with Crippen molar-refractivity contribution in [2.45, 2.75) is 20.3 Å². The molecule has 3 rings (SSSR count). The highest BCUT2D eigenvalue weighted by Crippen LogP contribution is 2.32. The topological polar surface area (TPSA) is 44.3 Å². The van der Waals surface area contributed by atoms with Gasteiger partial charge in [-0.1, -0.05) is 6.92 Å². The highest BCUT2D eigenvalue weighted by Gasteiger charge is 2.20. The zero-order chi connectivity index (χ0) is 14.8. The lowest BCUT2D eigenvalue weighted by Crippen LogP contribution is -2.45. The molecule has 2 aromatic rings. The molecule has 0 aliphatic carbocycles. The van der Waals surface area contributed by atoms with Gasteiger partial charge >= 0.3 is 0 Å². The maximum atomic E-state index is 4.79. The van der Waals surface area contributed by atoms with Gasteiger partial charge in [-0.15, -0.1) is 11.3 Å². The summed E-state index contributed by atoms with van der Waals surface area (Å²) in [5.41, 5.74) is 0. The minimum absolute atomic E-state index is 0.764. The lowest BCUT2D eigenvalue weighted by molar-refractivity contribution is 0.312. The van der Waals surface area contributed by atoms with E-state index in [1.165, 1.54) is 10.3 Å². The van der Waals surface area contributed by atoms with Crippen molar-refractivity contribution in [3.8, 4) is 0 Å². The van der Waals surface area contributed by atoms with Crippen LogP contribution in [0.2, 0.25) is 0 Å². The molecule has 0 bridgehead atoms. The Balaban J connectivity index is 1.97. The van der Waals surface area contributed by atoms with Crippen molar-refractivity contribution in [1.29, 1.82) is 0 Å². The summed E-state index contributed by atoms with van der Waals surface area (Å²) in [6.07, 6.45) is 1.08. The van der Waals surface area contributed by atoms with Gasteiger partial charge in [-0.2, -0.15) is 4.98 Å². The summed E-state index contributed by atoms with van der Waals surface area (Å²) in [4.78, 5) is 16.6. The summed E-state index contributed by atoms with van der Waals surface area (Å²) in [5, 5.41) is 4.53. The summed E-state index contributed by atoms with van der Waals surface area (Å²) >= 11 is 1.75. The molecule has 0 amide bonds. The Kier molecular flexibility index (Phi) is 4.26. The van der Waals surface area contributed by atoms with Crippen molar-refractivity contribution >= 4 is 33.3 Å². The summed E-state index contributed by atoms with van der Waals surface area (Å²) in [6.45, 7) is 9.45. The Labute approximate surface area is 130 Å². The summed E-state index contributed by atoms with van der Waals surface area (Å²) < 4.78 is 0. The first-order valence-electron chi connectivity index (χ1n) is 7.63. The number of nitrogens with one attached hydrogen (secondary N) is 1. The molecule has 1 saturated heterocycles. The van der Waals surface area contributed by atoms with Gasteiger partial charge in [-0.05, 0) is 26.5 Å². The second kappa shape index (κ2) is 6.15. The van der Waals surface area contributed by atoms with Crippen molar-refractivity contribution in [2.24, 2.45) is 0 Å². The number of piperazine rings is 1. The van der Waals surface area contributed by atoms with E-state index in [0.29, 0.717) is 0 Å². The fraction of sp³-hybridized carbons (Fsp3) is 0.600. The molecule has 0 saturated carbocycles. The lowest BCUT2D eigenvalue weighted by Gasteiger charge is -2.33. The summed E-state index contributed by atoms with van der Waals surface area (Å²) in [5.74, 6) is 1.86. The van der Waals surface area contributed by atoms with Gasteiger partial charge in [0.05, 0.1) is 5.39 Å². The molecule has 114 valence electrons. The standard InChI is InChI=1S/C15H23N5S/c1-4-5-16-15-17-13(20-8-6-19(3)7-9-20)12-10-11(2)21-14(12)18-15/h10H,4-9H2,1-3H3,(H,16,17,18). The normalized spacial score (nSPS) is 16.6. The Hall–Kier alpha value is -1.40. The molecule has 1 N–H and O–H groups in total. The van der Waals surface area contributed by atoms with Crippen LogP contribution in [0.1, 0.15) is 18.2 Å². The maximum Gasteiger partial charge on any atom is 0.226 e. The van der Waals surface area contributed by atoms with E-state index in [1.54, 1.807) is 11.3 Å². The number of fused-ring (bicyclic) bond motifs is 1. The Bertz CT molecular complexity index is 616. The van der Waals surface area contributed by atoms with Gasteiger partial charge in [0.2, 0.25) is 5.95 Å². The van der Waals surface area contributed by atoms with Crippen molar-refractivity contribution in [2.75, 3.05) is 50.0 Å². The molecule has 0 spiro atoms.